The van der Waals surface area contributed by atoms with E-state index < -0.39 is 11.7 Å². The number of carbonyl (C=O) groups excluding carboxylic acids is 1. The van der Waals surface area contributed by atoms with Crippen LogP contribution in [0.2, 0.25) is 0 Å². The summed E-state index contributed by atoms with van der Waals surface area (Å²) in [7, 11) is 0. The summed E-state index contributed by atoms with van der Waals surface area (Å²) in [6.45, 7) is 0. The van der Waals surface area contributed by atoms with Crippen molar-refractivity contribution < 1.29 is 18.0 Å². The Morgan fingerprint density at radius 3 is 2.60 bits per heavy atom. The zero-order valence-corrected chi connectivity index (χ0v) is 8.15. The SMILES string of the molecule is O=Cc1csc2cc(C(F)(F)F)ccc12. The maximum atomic E-state index is 12.3. The van der Waals surface area contributed by atoms with Crippen LogP contribution in [0.15, 0.2) is 23.6 Å². The van der Waals surface area contributed by atoms with E-state index in [1.807, 2.05) is 0 Å². The normalized spacial score (nSPS) is 11.9. The van der Waals surface area contributed by atoms with Crippen LogP contribution in [0, 0.1) is 0 Å². The Morgan fingerprint density at radius 2 is 2.00 bits per heavy atom. The molecule has 0 fully saturated rings. The highest BCUT2D eigenvalue weighted by molar-refractivity contribution is 7.17. The molecule has 1 heterocycles. The van der Waals surface area contributed by atoms with E-state index in [2.05, 4.69) is 0 Å². The van der Waals surface area contributed by atoms with Crippen LogP contribution in [0.1, 0.15) is 15.9 Å². The quantitative estimate of drug-likeness (QED) is 0.682. The fourth-order valence-corrected chi connectivity index (χ4v) is 2.26. The van der Waals surface area contributed by atoms with Gasteiger partial charge in [0.1, 0.15) is 0 Å². The topological polar surface area (TPSA) is 17.1 Å². The van der Waals surface area contributed by atoms with Gasteiger partial charge in [-0.05, 0) is 12.1 Å². The molecular formula is C10H5F3OS. The second-order valence-corrected chi connectivity index (χ2v) is 3.93. The van der Waals surface area contributed by atoms with Gasteiger partial charge >= 0.3 is 6.18 Å². The highest BCUT2D eigenvalue weighted by Crippen LogP contribution is 2.34. The van der Waals surface area contributed by atoms with E-state index in [1.54, 1.807) is 5.38 Å². The number of alkyl halides is 3. The van der Waals surface area contributed by atoms with Crippen LogP contribution in [0.5, 0.6) is 0 Å². The third-order valence-electron chi connectivity index (χ3n) is 2.06. The van der Waals surface area contributed by atoms with Gasteiger partial charge in [0.15, 0.2) is 6.29 Å². The summed E-state index contributed by atoms with van der Waals surface area (Å²) in [5.74, 6) is 0. The van der Waals surface area contributed by atoms with Crippen LogP contribution in [0.3, 0.4) is 0 Å². The summed E-state index contributed by atoms with van der Waals surface area (Å²) in [5, 5.41) is 2.13. The maximum absolute atomic E-state index is 12.3. The first kappa shape index (κ1) is 10.2. The first-order valence-corrected chi connectivity index (χ1v) is 4.94. The van der Waals surface area contributed by atoms with Crippen LogP contribution in [0.4, 0.5) is 13.2 Å². The zero-order valence-electron chi connectivity index (χ0n) is 7.34. The molecule has 5 heteroatoms. The Morgan fingerprint density at radius 1 is 1.27 bits per heavy atom. The van der Waals surface area contributed by atoms with Gasteiger partial charge in [0.25, 0.3) is 0 Å². The van der Waals surface area contributed by atoms with Gasteiger partial charge in [-0.1, -0.05) is 6.07 Å². The first-order valence-electron chi connectivity index (χ1n) is 4.06. The van der Waals surface area contributed by atoms with Crippen molar-refractivity contribution in [2.24, 2.45) is 0 Å². The molecule has 0 N–H and O–H groups in total. The molecule has 0 atom stereocenters. The monoisotopic (exact) mass is 230 g/mol. The molecule has 0 aliphatic carbocycles. The summed E-state index contributed by atoms with van der Waals surface area (Å²) in [6, 6.07) is 3.38. The maximum Gasteiger partial charge on any atom is 0.416 e. The van der Waals surface area contributed by atoms with Crippen molar-refractivity contribution in [2.75, 3.05) is 0 Å². The molecule has 0 spiro atoms. The summed E-state index contributed by atoms with van der Waals surface area (Å²) < 4.78 is 37.5. The summed E-state index contributed by atoms with van der Waals surface area (Å²) >= 11 is 1.14. The Kier molecular flexibility index (Phi) is 2.26. The van der Waals surface area contributed by atoms with Crippen molar-refractivity contribution >= 4 is 27.7 Å². The highest BCUT2D eigenvalue weighted by Gasteiger charge is 2.30. The number of carbonyl (C=O) groups is 1. The van der Waals surface area contributed by atoms with Gasteiger partial charge in [0, 0.05) is 21.0 Å². The molecule has 0 aliphatic rings. The molecule has 0 bridgehead atoms. The number of hydrogen-bond acceptors (Lipinski definition) is 2. The Labute approximate surface area is 87.1 Å². The number of benzene rings is 1. The number of halogens is 3. The smallest absolute Gasteiger partial charge is 0.298 e. The number of fused-ring (bicyclic) bond motifs is 1. The average Bonchev–Trinajstić information content (AvgIpc) is 2.58. The largest absolute Gasteiger partial charge is 0.416 e. The molecule has 0 saturated carbocycles. The van der Waals surface area contributed by atoms with E-state index in [9.17, 15) is 18.0 Å². The van der Waals surface area contributed by atoms with Gasteiger partial charge in [0.2, 0.25) is 0 Å². The number of thiophene rings is 1. The van der Waals surface area contributed by atoms with Crippen molar-refractivity contribution in [2.45, 2.75) is 6.18 Å². The summed E-state index contributed by atoms with van der Waals surface area (Å²) in [5.41, 5.74) is -0.252. The molecule has 0 amide bonds. The van der Waals surface area contributed by atoms with Crippen molar-refractivity contribution in [3.05, 3.63) is 34.7 Å². The van der Waals surface area contributed by atoms with Gasteiger partial charge < -0.3 is 0 Å². The average molecular weight is 230 g/mol. The van der Waals surface area contributed by atoms with E-state index >= 15 is 0 Å². The molecule has 0 saturated heterocycles. The third-order valence-corrected chi connectivity index (χ3v) is 3.02. The molecule has 0 radical (unpaired) electrons. The van der Waals surface area contributed by atoms with Gasteiger partial charge in [-0.25, -0.2) is 0 Å². The van der Waals surface area contributed by atoms with Gasteiger partial charge in [-0.2, -0.15) is 13.2 Å². The minimum absolute atomic E-state index is 0.434. The molecule has 15 heavy (non-hydrogen) atoms. The standard InChI is InChI=1S/C10H5F3OS/c11-10(12,13)7-1-2-8-6(4-14)5-15-9(8)3-7/h1-5H. The number of rotatable bonds is 1. The molecule has 2 rings (SSSR count). The number of aldehydes is 1. The summed E-state index contributed by atoms with van der Waals surface area (Å²) in [6.07, 6.45) is -3.69. The van der Waals surface area contributed by atoms with Gasteiger partial charge in [0.05, 0.1) is 5.56 Å². The second-order valence-electron chi connectivity index (χ2n) is 3.02. The molecule has 1 aromatic carbocycles. The van der Waals surface area contributed by atoms with E-state index in [-0.39, 0.29) is 0 Å². The number of hydrogen-bond donors (Lipinski definition) is 0. The van der Waals surface area contributed by atoms with Crippen molar-refractivity contribution in [1.82, 2.24) is 0 Å². The first-order chi connectivity index (χ1) is 7.02. The Balaban J connectivity index is 2.63. The van der Waals surface area contributed by atoms with Gasteiger partial charge in [-0.3, -0.25) is 4.79 Å². The lowest BCUT2D eigenvalue weighted by Crippen LogP contribution is -2.03. The second kappa shape index (κ2) is 3.34. The van der Waals surface area contributed by atoms with Crippen LogP contribution in [-0.4, -0.2) is 6.29 Å². The van der Waals surface area contributed by atoms with Crippen molar-refractivity contribution in [3.63, 3.8) is 0 Å². The lowest BCUT2D eigenvalue weighted by atomic mass is 10.1. The summed E-state index contributed by atoms with van der Waals surface area (Å²) in [4.78, 5) is 10.5. The molecular weight excluding hydrogens is 225 g/mol. The van der Waals surface area contributed by atoms with E-state index in [4.69, 9.17) is 0 Å². The fraction of sp³-hybridized carbons (Fsp3) is 0.100. The molecule has 0 unspecified atom stereocenters. The van der Waals surface area contributed by atoms with E-state index in [1.165, 1.54) is 6.07 Å². The van der Waals surface area contributed by atoms with Crippen molar-refractivity contribution in [1.29, 1.82) is 0 Å². The Bertz CT molecular complexity index is 513. The molecule has 1 nitrogen and oxygen atoms in total. The lowest BCUT2D eigenvalue weighted by molar-refractivity contribution is -0.137. The van der Waals surface area contributed by atoms with Crippen LogP contribution in [-0.2, 0) is 6.18 Å². The predicted octanol–water partition coefficient (Wildman–Crippen LogP) is 3.73. The van der Waals surface area contributed by atoms with E-state index in [0.29, 0.717) is 21.9 Å². The Hall–Kier alpha value is -1.36. The highest BCUT2D eigenvalue weighted by atomic mass is 32.1. The third kappa shape index (κ3) is 1.74. The van der Waals surface area contributed by atoms with Crippen LogP contribution >= 0.6 is 11.3 Å². The molecule has 1 aromatic heterocycles. The van der Waals surface area contributed by atoms with Gasteiger partial charge in [-0.15, -0.1) is 11.3 Å². The fourth-order valence-electron chi connectivity index (χ4n) is 1.32. The van der Waals surface area contributed by atoms with Crippen LogP contribution < -0.4 is 0 Å². The minimum atomic E-state index is -4.33. The molecule has 2 aromatic rings. The van der Waals surface area contributed by atoms with E-state index in [0.717, 1.165) is 23.5 Å². The molecule has 0 aliphatic heterocycles. The zero-order chi connectivity index (χ0) is 11.1. The lowest BCUT2D eigenvalue weighted by Gasteiger charge is -2.05. The predicted molar refractivity (Wildman–Crippen MR) is 52.2 cm³/mol. The minimum Gasteiger partial charge on any atom is -0.298 e. The van der Waals surface area contributed by atoms with Crippen LogP contribution in [0.25, 0.3) is 10.1 Å². The van der Waals surface area contributed by atoms with Crippen molar-refractivity contribution in [3.8, 4) is 0 Å². The molecule has 78 valence electrons.